The minimum Gasteiger partial charge on any atom is -0.394 e. The van der Waals surface area contributed by atoms with E-state index in [0.717, 1.165) is 103 Å². The minimum absolute atomic E-state index is 0.235. The maximum absolute atomic E-state index is 13.1. The van der Waals surface area contributed by atoms with Crippen LogP contribution in [0.3, 0.4) is 0 Å². The summed E-state index contributed by atoms with van der Waals surface area (Å²) in [6, 6.07) is -0.866. The van der Waals surface area contributed by atoms with E-state index in [4.69, 9.17) is 9.47 Å². The monoisotopic (exact) mass is 1100 g/mol. The van der Waals surface area contributed by atoms with Gasteiger partial charge >= 0.3 is 0 Å². The Labute approximate surface area is 482 Å². The van der Waals surface area contributed by atoms with Gasteiger partial charge in [-0.3, -0.25) is 4.79 Å². The van der Waals surface area contributed by atoms with Crippen LogP contribution in [0, 0.1) is 0 Å². The molecule has 1 heterocycles. The lowest BCUT2D eigenvalue weighted by atomic mass is 9.99. The second-order valence-corrected chi connectivity index (χ2v) is 20.7. The number of rotatable bonds is 51. The van der Waals surface area contributed by atoms with Gasteiger partial charge in [-0.2, -0.15) is 0 Å². The van der Waals surface area contributed by atoms with E-state index in [1.165, 1.54) is 83.5 Å². The third kappa shape index (κ3) is 46.2. The molecule has 0 bridgehead atoms. The first kappa shape index (κ1) is 72.8. The Morgan fingerprint density at radius 3 is 1.22 bits per heavy atom. The summed E-state index contributed by atoms with van der Waals surface area (Å²) < 4.78 is 11.2. The van der Waals surface area contributed by atoms with Crippen molar-refractivity contribution < 1.29 is 39.8 Å². The van der Waals surface area contributed by atoms with E-state index in [-0.39, 0.29) is 18.9 Å². The number of ether oxygens (including phenoxy) is 2. The molecular weight excluding hydrogens is 983 g/mol. The molecule has 1 aliphatic rings. The molecule has 1 rings (SSSR count). The molecule has 7 atom stereocenters. The van der Waals surface area contributed by atoms with Crippen LogP contribution in [0.2, 0.25) is 0 Å². The van der Waals surface area contributed by atoms with E-state index in [1.807, 2.05) is 6.08 Å². The maximum Gasteiger partial charge on any atom is 0.220 e. The number of carbonyl (C=O) groups is 1. The van der Waals surface area contributed by atoms with Crippen molar-refractivity contribution >= 4 is 5.91 Å². The molecule has 1 fully saturated rings. The van der Waals surface area contributed by atoms with Crippen LogP contribution in [-0.4, -0.2) is 87.5 Å². The van der Waals surface area contributed by atoms with Crippen molar-refractivity contribution in [1.82, 2.24) is 5.32 Å². The molecule has 1 aliphatic heterocycles. The molecule has 79 heavy (non-hydrogen) atoms. The average molecular weight is 1100 g/mol. The number of unbranched alkanes of at least 4 members (excludes halogenated alkanes) is 17. The molecule has 0 radical (unpaired) electrons. The molecule has 0 saturated carbocycles. The van der Waals surface area contributed by atoms with Crippen LogP contribution in [0.15, 0.2) is 158 Å². The summed E-state index contributed by atoms with van der Waals surface area (Å²) >= 11 is 0. The van der Waals surface area contributed by atoms with Crippen molar-refractivity contribution in [2.75, 3.05) is 13.2 Å². The molecule has 0 aromatic carbocycles. The summed E-state index contributed by atoms with van der Waals surface area (Å²) in [5.74, 6) is -0.239. The zero-order valence-electron chi connectivity index (χ0n) is 49.6. The SMILES string of the molecule is CC/C=C\C/C=C\C/C=C\C/C=C\C/C=C\C/C=C\C/C=C\C/C=C\C/C=C\C/C=C\CCCCC(=O)NC(COC1OC(CO)C(O)C(O)C1O)C(O)/C=C/CC/C=C/CC/C=C/CCCCCCCCCCCCCCC. The van der Waals surface area contributed by atoms with Gasteiger partial charge in [0.1, 0.15) is 24.4 Å². The number of allylic oxidation sites excluding steroid dienone is 25. The summed E-state index contributed by atoms with van der Waals surface area (Å²) in [7, 11) is 0. The smallest absolute Gasteiger partial charge is 0.220 e. The largest absolute Gasteiger partial charge is 0.394 e. The number of nitrogens with one attached hydrogen (secondary N) is 1. The lowest BCUT2D eigenvalue weighted by molar-refractivity contribution is -0.302. The first-order valence-corrected chi connectivity index (χ1v) is 31.2. The lowest BCUT2D eigenvalue weighted by Gasteiger charge is -2.40. The Morgan fingerprint density at radius 2 is 0.797 bits per heavy atom. The van der Waals surface area contributed by atoms with Gasteiger partial charge in [0.05, 0.1) is 25.4 Å². The minimum atomic E-state index is -1.59. The lowest BCUT2D eigenvalue weighted by Crippen LogP contribution is -2.60. The van der Waals surface area contributed by atoms with Crippen LogP contribution in [0.1, 0.15) is 219 Å². The topological polar surface area (TPSA) is 149 Å². The van der Waals surface area contributed by atoms with Gasteiger partial charge < -0.3 is 40.3 Å². The second-order valence-electron chi connectivity index (χ2n) is 20.7. The van der Waals surface area contributed by atoms with Gasteiger partial charge in [-0.05, 0) is 122 Å². The van der Waals surface area contributed by atoms with Crippen molar-refractivity contribution in [3.8, 4) is 0 Å². The Hall–Kier alpha value is -4.19. The van der Waals surface area contributed by atoms with Crippen LogP contribution < -0.4 is 5.32 Å². The van der Waals surface area contributed by atoms with Gasteiger partial charge in [-0.25, -0.2) is 0 Å². The van der Waals surface area contributed by atoms with Crippen molar-refractivity contribution in [2.24, 2.45) is 0 Å². The van der Waals surface area contributed by atoms with E-state index >= 15 is 0 Å². The van der Waals surface area contributed by atoms with Crippen molar-refractivity contribution in [2.45, 2.75) is 262 Å². The molecule has 9 heteroatoms. The summed E-state index contributed by atoms with van der Waals surface area (Å²) in [6.45, 7) is 3.61. The number of aliphatic hydroxyl groups is 5. The van der Waals surface area contributed by atoms with E-state index in [0.29, 0.717) is 12.8 Å². The third-order valence-electron chi connectivity index (χ3n) is 13.6. The Kier molecular flexibility index (Phi) is 52.6. The number of hydrogen-bond donors (Lipinski definition) is 6. The Balaban J connectivity index is 2.30. The third-order valence-corrected chi connectivity index (χ3v) is 13.6. The van der Waals surface area contributed by atoms with E-state index in [1.54, 1.807) is 6.08 Å². The molecule has 446 valence electrons. The standard InChI is InChI=1S/C70H113NO8/c1-3-5-7-9-11-13-15-17-19-21-23-25-27-28-29-30-31-32-33-34-35-36-38-40-42-44-46-48-50-52-54-56-58-60-66(74)71-63(62-78-70-69(77)68(76)67(75)65(61-72)79-70)64(73)59-57-55-53-51-49-47-45-43-41-39-37-26-24-22-20-18-16-14-12-10-8-6-4-2/h5,7,11,13,17,19,23,25,28-29,31-32,34-35,38,40-41,43-44,46,49-52,57,59,63-65,67-70,72-73,75-77H,3-4,6,8-10,12,14-16,18,20-22,24,26-27,30,33,36-37,39,42,45,47-48,53-56,58,60-62H2,1-2H3,(H,71,74)/b7-5-,13-11-,19-17-,25-23-,29-28-,32-31-,35-34-,40-38-,43-41+,46-44-,51-49+,52-50-,59-57+. The highest BCUT2D eigenvalue weighted by molar-refractivity contribution is 5.76. The Morgan fingerprint density at radius 1 is 0.443 bits per heavy atom. The molecule has 1 saturated heterocycles. The van der Waals surface area contributed by atoms with Crippen molar-refractivity contribution in [3.63, 3.8) is 0 Å². The fourth-order valence-electron chi connectivity index (χ4n) is 8.69. The highest BCUT2D eigenvalue weighted by Crippen LogP contribution is 2.23. The molecule has 1 amide bonds. The molecular formula is C70H113NO8. The fourth-order valence-corrected chi connectivity index (χ4v) is 8.69. The molecule has 7 unspecified atom stereocenters. The quantitative estimate of drug-likeness (QED) is 0.0261. The van der Waals surface area contributed by atoms with Crippen molar-refractivity contribution in [1.29, 1.82) is 0 Å². The predicted octanol–water partition coefficient (Wildman–Crippen LogP) is 16.4. The molecule has 0 aliphatic carbocycles. The van der Waals surface area contributed by atoms with Crippen LogP contribution >= 0.6 is 0 Å². The van der Waals surface area contributed by atoms with Crippen molar-refractivity contribution in [3.05, 3.63) is 158 Å². The maximum atomic E-state index is 13.1. The number of aliphatic hydroxyl groups excluding tert-OH is 5. The molecule has 0 aromatic rings. The van der Waals surface area contributed by atoms with Crippen LogP contribution in [0.5, 0.6) is 0 Å². The number of carbonyl (C=O) groups excluding carboxylic acids is 1. The first-order valence-electron chi connectivity index (χ1n) is 31.2. The molecule has 9 nitrogen and oxygen atoms in total. The van der Waals surface area contributed by atoms with Crippen LogP contribution in [0.25, 0.3) is 0 Å². The van der Waals surface area contributed by atoms with Gasteiger partial charge in [0.2, 0.25) is 5.91 Å². The van der Waals surface area contributed by atoms with E-state index < -0.39 is 49.5 Å². The van der Waals surface area contributed by atoms with Gasteiger partial charge in [0, 0.05) is 6.42 Å². The Bertz CT molecular complexity index is 1800. The zero-order chi connectivity index (χ0) is 57.2. The van der Waals surface area contributed by atoms with E-state index in [9.17, 15) is 30.3 Å². The predicted molar refractivity (Wildman–Crippen MR) is 336 cm³/mol. The summed E-state index contributed by atoms with van der Waals surface area (Å²) in [5.41, 5.74) is 0. The fraction of sp³-hybridized carbons (Fsp3) is 0.614. The summed E-state index contributed by atoms with van der Waals surface area (Å²) in [4.78, 5) is 13.1. The number of hydrogen-bond acceptors (Lipinski definition) is 8. The first-order chi connectivity index (χ1) is 38.8. The molecule has 0 spiro atoms. The summed E-state index contributed by atoms with van der Waals surface area (Å²) in [5, 5.41) is 54.5. The zero-order valence-corrected chi connectivity index (χ0v) is 49.6. The normalized spacial score (nSPS) is 19.7. The molecule has 0 aromatic heterocycles. The van der Waals surface area contributed by atoms with Crippen LogP contribution in [-0.2, 0) is 14.3 Å². The second kappa shape index (κ2) is 57.1. The highest BCUT2D eigenvalue weighted by Gasteiger charge is 2.44. The van der Waals surface area contributed by atoms with E-state index in [2.05, 4.69) is 165 Å². The molecule has 6 N–H and O–H groups in total. The van der Waals surface area contributed by atoms with Crippen LogP contribution in [0.4, 0.5) is 0 Å². The van der Waals surface area contributed by atoms with Gasteiger partial charge in [-0.1, -0.05) is 249 Å². The van der Waals surface area contributed by atoms with Gasteiger partial charge in [0.15, 0.2) is 6.29 Å². The number of amides is 1. The van der Waals surface area contributed by atoms with Gasteiger partial charge in [-0.15, -0.1) is 0 Å². The summed E-state index contributed by atoms with van der Waals surface area (Å²) in [6.07, 6.45) is 83.2. The highest BCUT2D eigenvalue weighted by atomic mass is 16.7. The average Bonchev–Trinajstić information content (AvgIpc) is 3.47. The van der Waals surface area contributed by atoms with Gasteiger partial charge in [0.25, 0.3) is 0 Å².